The monoisotopic (exact) mass is 354 g/mol. The van der Waals surface area contributed by atoms with Crippen LogP contribution in [0.5, 0.6) is 0 Å². The molecule has 3 aromatic heterocycles. The summed E-state index contributed by atoms with van der Waals surface area (Å²) in [5, 5.41) is 8.01. The van der Waals surface area contributed by atoms with Gasteiger partial charge in [0.15, 0.2) is 5.13 Å². The summed E-state index contributed by atoms with van der Waals surface area (Å²) in [6, 6.07) is 9.84. The van der Waals surface area contributed by atoms with Gasteiger partial charge in [-0.3, -0.25) is 4.98 Å². The van der Waals surface area contributed by atoms with Crippen molar-refractivity contribution in [2.45, 2.75) is 13.8 Å². The Morgan fingerprint density at radius 2 is 2.04 bits per heavy atom. The molecule has 0 spiro atoms. The fourth-order valence-electron chi connectivity index (χ4n) is 2.74. The van der Waals surface area contributed by atoms with Crippen LogP contribution in [0, 0.1) is 13.8 Å². The van der Waals surface area contributed by atoms with Crippen molar-refractivity contribution in [3.05, 3.63) is 58.3 Å². The lowest BCUT2D eigenvalue weighted by Gasteiger charge is -2.02. The van der Waals surface area contributed by atoms with Gasteiger partial charge in [0, 0.05) is 38.3 Å². The molecule has 0 bridgehead atoms. The lowest BCUT2D eigenvalue weighted by molar-refractivity contribution is 1.20. The van der Waals surface area contributed by atoms with E-state index in [2.05, 4.69) is 27.6 Å². The highest BCUT2D eigenvalue weighted by molar-refractivity contribution is 7.14. The number of benzene rings is 1. The second-order valence-corrected chi connectivity index (χ2v) is 6.96. The minimum absolute atomic E-state index is 0.724. The molecule has 0 atom stereocenters. The SMILES string of the molecule is Cc1ccc(Nc2nc(-c3c(C)[nH]c4ccc(Cl)cc34)cs2)cn1. The molecule has 4 rings (SSSR count). The first kappa shape index (κ1) is 15.2. The van der Waals surface area contributed by atoms with Crippen LogP contribution in [0.25, 0.3) is 22.2 Å². The fourth-order valence-corrected chi connectivity index (χ4v) is 3.63. The van der Waals surface area contributed by atoms with E-state index in [0.717, 1.165) is 49.4 Å². The van der Waals surface area contributed by atoms with Crippen LogP contribution in [0.15, 0.2) is 41.9 Å². The van der Waals surface area contributed by atoms with Crippen LogP contribution < -0.4 is 5.32 Å². The van der Waals surface area contributed by atoms with Gasteiger partial charge >= 0.3 is 0 Å². The van der Waals surface area contributed by atoms with Gasteiger partial charge in [0.25, 0.3) is 0 Å². The van der Waals surface area contributed by atoms with Crippen molar-refractivity contribution in [3.8, 4) is 11.3 Å². The third kappa shape index (κ3) is 2.77. The summed E-state index contributed by atoms with van der Waals surface area (Å²) in [5.41, 5.74) is 6.11. The average molecular weight is 355 g/mol. The molecule has 0 unspecified atom stereocenters. The second-order valence-electron chi connectivity index (χ2n) is 5.67. The van der Waals surface area contributed by atoms with Crippen molar-refractivity contribution < 1.29 is 0 Å². The van der Waals surface area contributed by atoms with E-state index < -0.39 is 0 Å². The van der Waals surface area contributed by atoms with Crippen molar-refractivity contribution in [3.63, 3.8) is 0 Å². The van der Waals surface area contributed by atoms with Crippen molar-refractivity contribution in [1.82, 2.24) is 15.0 Å². The number of anilines is 2. The Bertz CT molecular complexity index is 1020. The standard InChI is InChI=1S/C18H15ClN4S/c1-10-3-5-13(8-20-10)22-18-23-16(9-24-18)17-11(2)21-15-6-4-12(19)7-14(15)17/h3-9,21H,1-2H3,(H,22,23). The number of nitrogens with zero attached hydrogens (tertiary/aromatic N) is 2. The minimum atomic E-state index is 0.724. The number of rotatable bonds is 3. The molecule has 0 fully saturated rings. The molecule has 24 heavy (non-hydrogen) atoms. The Morgan fingerprint density at radius 1 is 1.17 bits per heavy atom. The number of pyridine rings is 1. The highest BCUT2D eigenvalue weighted by Gasteiger charge is 2.14. The van der Waals surface area contributed by atoms with E-state index in [1.165, 1.54) is 0 Å². The molecular formula is C18H15ClN4S. The van der Waals surface area contributed by atoms with Gasteiger partial charge < -0.3 is 10.3 Å². The fraction of sp³-hybridized carbons (Fsp3) is 0.111. The molecule has 0 amide bonds. The van der Waals surface area contributed by atoms with Crippen molar-refractivity contribution in [2.75, 3.05) is 5.32 Å². The number of aryl methyl sites for hydroxylation is 2. The normalized spacial score (nSPS) is 11.1. The van der Waals surface area contributed by atoms with E-state index in [4.69, 9.17) is 16.6 Å². The van der Waals surface area contributed by atoms with E-state index >= 15 is 0 Å². The van der Waals surface area contributed by atoms with E-state index in [9.17, 15) is 0 Å². The summed E-state index contributed by atoms with van der Waals surface area (Å²) in [6.07, 6.45) is 1.81. The first-order valence-corrected chi connectivity index (χ1v) is 8.79. The summed E-state index contributed by atoms with van der Waals surface area (Å²) >= 11 is 7.73. The second kappa shape index (κ2) is 5.92. The zero-order valence-electron chi connectivity index (χ0n) is 13.2. The van der Waals surface area contributed by atoms with E-state index in [1.807, 2.05) is 43.5 Å². The zero-order valence-corrected chi connectivity index (χ0v) is 14.8. The molecule has 6 heteroatoms. The van der Waals surface area contributed by atoms with E-state index in [1.54, 1.807) is 11.3 Å². The molecule has 0 aliphatic rings. The molecule has 0 aliphatic carbocycles. The van der Waals surface area contributed by atoms with Gasteiger partial charge in [-0.05, 0) is 44.2 Å². The zero-order chi connectivity index (χ0) is 16.7. The van der Waals surface area contributed by atoms with Crippen molar-refractivity contribution >= 4 is 44.7 Å². The van der Waals surface area contributed by atoms with Gasteiger partial charge in [-0.15, -0.1) is 11.3 Å². The third-order valence-electron chi connectivity index (χ3n) is 3.87. The predicted octanol–water partition coefficient (Wildman–Crippen LogP) is 5.70. The Hall–Kier alpha value is -2.37. The molecule has 2 N–H and O–H groups in total. The number of aromatic nitrogens is 3. The Balaban J connectivity index is 1.71. The number of aromatic amines is 1. The van der Waals surface area contributed by atoms with E-state index in [-0.39, 0.29) is 0 Å². The lowest BCUT2D eigenvalue weighted by Crippen LogP contribution is -1.91. The average Bonchev–Trinajstić information content (AvgIpc) is 3.12. The highest BCUT2D eigenvalue weighted by Crippen LogP contribution is 2.35. The molecule has 4 nitrogen and oxygen atoms in total. The number of hydrogen-bond donors (Lipinski definition) is 2. The van der Waals surface area contributed by atoms with Crippen LogP contribution in [0.1, 0.15) is 11.4 Å². The van der Waals surface area contributed by atoms with Gasteiger partial charge in [0.1, 0.15) is 0 Å². The maximum Gasteiger partial charge on any atom is 0.187 e. The van der Waals surface area contributed by atoms with Gasteiger partial charge in [0.05, 0.1) is 17.6 Å². The minimum Gasteiger partial charge on any atom is -0.358 e. The molecule has 0 radical (unpaired) electrons. The van der Waals surface area contributed by atoms with Crippen LogP contribution in [-0.4, -0.2) is 15.0 Å². The van der Waals surface area contributed by atoms with Gasteiger partial charge in [0.2, 0.25) is 0 Å². The molecule has 0 saturated heterocycles. The van der Waals surface area contributed by atoms with Gasteiger partial charge in [-0.1, -0.05) is 11.6 Å². The van der Waals surface area contributed by atoms with Crippen LogP contribution in [0.3, 0.4) is 0 Å². The van der Waals surface area contributed by atoms with Crippen LogP contribution in [0.2, 0.25) is 5.02 Å². The lowest BCUT2D eigenvalue weighted by atomic mass is 10.1. The topological polar surface area (TPSA) is 53.6 Å². The molecule has 1 aromatic carbocycles. The van der Waals surface area contributed by atoms with Crippen LogP contribution >= 0.6 is 22.9 Å². The quantitative estimate of drug-likeness (QED) is 0.496. The largest absolute Gasteiger partial charge is 0.358 e. The molecular weight excluding hydrogens is 340 g/mol. The Morgan fingerprint density at radius 3 is 2.83 bits per heavy atom. The Labute approximate surface area is 148 Å². The van der Waals surface area contributed by atoms with E-state index in [0.29, 0.717) is 0 Å². The first-order chi connectivity index (χ1) is 11.6. The maximum atomic E-state index is 6.16. The number of fused-ring (bicyclic) bond motifs is 1. The smallest absolute Gasteiger partial charge is 0.187 e. The molecule has 0 aliphatic heterocycles. The number of H-pyrrole nitrogens is 1. The molecule has 4 aromatic rings. The summed E-state index contributed by atoms with van der Waals surface area (Å²) < 4.78 is 0. The van der Waals surface area contributed by atoms with Crippen LogP contribution in [0.4, 0.5) is 10.8 Å². The maximum absolute atomic E-state index is 6.16. The number of thiazole rings is 1. The number of nitrogens with one attached hydrogen (secondary N) is 2. The summed E-state index contributed by atoms with van der Waals surface area (Å²) in [5.74, 6) is 0. The molecule has 0 saturated carbocycles. The van der Waals surface area contributed by atoms with Crippen molar-refractivity contribution in [2.24, 2.45) is 0 Å². The summed E-state index contributed by atoms with van der Waals surface area (Å²) in [4.78, 5) is 12.4. The predicted molar refractivity (Wildman–Crippen MR) is 101 cm³/mol. The number of hydrogen-bond acceptors (Lipinski definition) is 4. The summed E-state index contributed by atoms with van der Waals surface area (Å²) in [7, 11) is 0. The third-order valence-corrected chi connectivity index (χ3v) is 4.86. The van der Waals surface area contributed by atoms with Gasteiger partial charge in [-0.2, -0.15) is 0 Å². The number of halogens is 1. The molecule has 120 valence electrons. The van der Waals surface area contributed by atoms with Crippen molar-refractivity contribution in [1.29, 1.82) is 0 Å². The molecule has 3 heterocycles. The highest BCUT2D eigenvalue weighted by atomic mass is 35.5. The van der Waals surface area contributed by atoms with Gasteiger partial charge in [-0.25, -0.2) is 4.98 Å². The summed E-state index contributed by atoms with van der Waals surface area (Å²) in [6.45, 7) is 4.02. The first-order valence-electron chi connectivity index (χ1n) is 7.53. The Kier molecular flexibility index (Phi) is 3.75. The van der Waals surface area contributed by atoms with Crippen LogP contribution in [-0.2, 0) is 0 Å².